The number of halogens is 1. The number of hydrogen-bond acceptors (Lipinski definition) is 5. The number of hydrogen-bond donors (Lipinski definition) is 2. The van der Waals surface area contributed by atoms with Gasteiger partial charge in [-0.2, -0.15) is 8.42 Å². The SMILES string of the molecule is O=C(Nc1ccc(Cl)nc1)c1ccc2c(c1)S(=O)(=O)N=CN2. The van der Waals surface area contributed by atoms with Crippen LogP contribution in [0.3, 0.4) is 0 Å². The van der Waals surface area contributed by atoms with E-state index in [1.807, 2.05) is 0 Å². The highest BCUT2D eigenvalue weighted by molar-refractivity contribution is 7.90. The second-order valence-corrected chi connectivity index (χ2v) is 6.38. The van der Waals surface area contributed by atoms with Gasteiger partial charge in [-0.3, -0.25) is 4.79 Å². The lowest BCUT2D eigenvalue weighted by molar-refractivity contribution is 0.102. The lowest BCUT2D eigenvalue weighted by Crippen LogP contribution is -2.16. The molecule has 0 radical (unpaired) electrons. The first-order valence-corrected chi connectivity index (χ1v) is 7.90. The minimum atomic E-state index is -3.78. The van der Waals surface area contributed by atoms with Gasteiger partial charge in [0.25, 0.3) is 15.9 Å². The minimum absolute atomic E-state index is 0.0446. The van der Waals surface area contributed by atoms with Crippen LogP contribution in [0.15, 0.2) is 45.8 Å². The van der Waals surface area contributed by atoms with Crippen LogP contribution >= 0.6 is 11.6 Å². The van der Waals surface area contributed by atoms with Crippen LogP contribution < -0.4 is 10.6 Å². The van der Waals surface area contributed by atoms with Crippen LogP contribution in [-0.4, -0.2) is 25.6 Å². The monoisotopic (exact) mass is 336 g/mol. The summed E-state index contributed by atoms with van der Waals surface area (Å²) < 4.78 is 27.1. The third-order valence-corrected chi connectivity index (χ3v) is 4.42. The Hall–Kier alpha value is -2.45. The topological polar surface area (TPSA) is 101 Å². The Labute approximate surface area is 131 Å². The number of carbonyl (C=O) groups excluding carboxylic acids is 1. The Bertz CT molecular complexity index is 879. The molecule has 2 heterocycles. The van der Waals surface area contributed by atoms with Crippen molar-refractivity contribution in [3.63, 3.8) is 0 Å². The summed E-state index contributed by atoms with van der Waals surface area (Å²) in [5.41, 5.74) is 1.02. The molecule has 0 aliphatic carbocycles. The Morgan fingerprint density at radius 3 is 2.77 bits per heavy atom. The summed E-state index contributed by atoms with van der Waals surface area (Å²) >= 11 is 5.67. The molecule has 2 N–H and O–H groups in total. The van der Waals surface area contributed by atoms with Gasteiger partial charge in [0.05, 0.1) is 17.6 Å². The second kappa shape index (κ2) is 5.39. The molecule has 1 aliphatic rings. The van der Waals surface area contributed by atoms with Crippen molar-refractivity contribution in [2.75, 3.05) is 10.6 Å². The zero-order chi connectivity index (χ0) is 15.7. The maximum Gasteiger partial charge on any atom is 0.285 e. The highest BCUT2D eigenvalue weighted by Gasteiger charge is 2.22. The van der Waals surface area contributed by atoms with E-state index in [-0.39, 0.29) is 10.5 Å². The van der Waals surface area contributed by atoms with Gasteiger partial charge in [0.1, 0.15) is 16.4 Å². The maximum absolute atomic E-state index is 12.2. The Morgan fingerprint density at radius 1 is 1.23 bits per heavy atom. The largest absolute Gasteiger partial charge is 0.345 e. The average Bonchev–Trinajstić information content (AvgIpc) is 2.49. The van der Waals surface area contributed by atoms with E-state index in [1.54, 1.807) is 6.07 Å². The maximum atomic E-state index is 12.2. The first-order valence-electron chi connectivity index (χ1n) is 6.08. The van der Waals surface area contributed by atoms with E-state index in [9.17, 15) is 13.2 Å². The lowest BCUT2D eigenvalue weighted by atomic mass is 10.2. The summed E-state index contributed by atoms with van der Waals surface area (Å²) in [4.78, 5) is 16.0. The molecule has 112 valence electrons. The van der Waals surface area contributed by atoms with Gasteiger partial charge in [-0.15, -0.1) is 4.40 Å². The fraction of sp³-hybridized carbons (Fsp3) is 0. The minimum Gasteiger partial charge on any atom is -0.345 e. The number of amides is 1. The quantitative estimate of drug-likeness (QED) is 0.818. The zero-order valence-electron chi connectivity index (χ0n) is 10.9. The Morgan fingerprint density at radius 2 is 2.05 bits per heavy atom. The number of pyridine rings is 1. The molecule has 0 atom stereocenters. The van der Waals surface area contributed by atoms with Crippen LogP contribution in [0, 0.1) is 0 Å². The van der Waals surface area contributed by atoms with Crippen LogP contribution in [0.1, 0.15) is 10.4 Å². The zero-order valence-corrected chi connectivity index (χ0v) is 12.5. The third-order valence-electron chi connectivity index (χ3n) is 2.92. The molecule has 0 saturated heterocycles. The predicted molar refractivity (Wildman–Crippen MR) is 82.9 cm³/mol. The van der Waals surface area contributed by atoms with Crippen molar-refractivity contribution < 1.29 is 13.2 Å². The molecular formula is C13H9ClN4O3S. The smallest absolute Gasteiger partial charge is 0.285 e. The molecule has 22 heavy (non-hydrogen) atoms. The fourth-order valence-corrected chi connectivity index (χ4v) is 2.97. The Kier molecular flexibility index (Phi) is 3.55. The molecule has 2 aromatic rings. The highest BCUT2D eigenvalue weighted by atomic mass is 35.5. The van der Waals surface area contributed by atoms with Crippen molar-refractivity contribution in [2.45, 2.75) is 4.90 Å². The number of fused-ring (bicyclic) bond motifs is 1. The van der Waals surface area contributed by atoms with Crippen molar-refractivity contribution in [3.8, 4) is 0 Å². The molecule has 0 unspecified atom stereocenters. The molecule has 0 spiro atoms. The predicted octanol–water partition coefficient (Wildman–Crippen LogP) is 2.13. The number of nitrogens with zero attached hydrogens (tertiary/aromatic N) is 2. The third kappa shape index (κ3) is 2.78. The standard InChI is InChI=1S/C13H9ClN4O3S/c14-12-4-2-9(6-15-12)18-13(19)8-1-3-10-11(5-8)22(20,21)17-7-16-10/h1-7H,(H,16,17)(H,18,19). The van der Waals surface area contributed by atoms with E-state index in [2.05, 4.69) is 20.0 Å². The summed E-state index contributed by atoms with van der Waals surface area (Å²) in [7, 11) is -3.78. The molecular weight excluding hydrogens is 328 g/mol. The number of rotatable bonds is 2. The number of carbonyl (C=O) groups is 1. The molecule has 1 aromatic carbocycles. The van der Waals surface area contributed by atoms with E-state index >= 15 is 0 Å². The van der Waals surface area contributed by atoms with Gasteiger partial charge in [0, 0.05) is 5.56 Å². The van der Waals surface area contributed by atoms with Gasteiger partial charge in [-0.1, -0.05) is 11.6 Å². The summed E-state index contributed by atoms with van der Waals surface area (Å²) in [6.07, 6.45) is 2.50. The molecule has 1 aliphatic heterocycles. The van der Waals surface area contributed by atoms with E-state index in [0.717, 1.165) is 6.34 Å². The van der Waals surface area contributed by atoms with E-state index in [4.69, 9.17) is 11.6 Å². The van der Waals surface area contributed by atoms with E-state index < -0.39 is 15.9 Å². The van der Waals surface area contributed by atoms with E-state index in [0.29, 0.717) is 16.5 Å². The summed E-state index contributed by atoms with van der Waals surface area (Å²) in [5, 5.41) is 5.63. The summed E-state index contributed by atoms with van der Waals surface area (Å²) in [5.74, 6) is -0.461. The van der Waals surface area contributed by atoms with Gasteiger partial charge in [-0.25, -0.2) is 4.98 Å². The summed E-state index contributed by atoms with van der Waals surface area (Å²) in [6, 6.07) is 7.42. The van der Waals surface area contributed by atoms with Gasteiger partial charge in [0.15, 0.2) is 0 Å². The molecule has 1 amide bonds. The first-order chi connectivity index (χ1) is 10.5. The Balaban J connectivity index is 1.90. The van der Waals surface area contributed by atoms with Gasteiger partial charge in [-0.05, 0) is 30.3 Å². The van der Waals surface area contributed by atoms with Crippen LogP contribution in [-0.2, 0) is 10.0 Å². The fourth-order valence-electron chi connectivity index (χ4n) is 1.87. The number of nitrogens with one attached hydrogen (secondary N) is 2. The van der Waals surface area contributed by atoms with Crippen LogP contribution in [0.2, 0.25) is 5.15 Å². The van der Waals surface area contributed by atoms with Crippen LogP contribution in [0.4, 0.5) is 11.4 Å². The molecule has 3 rings (SSSR count). The average molecular weight is 337 g/mol. The van der Waals surface area contributed by atoms with Crippen molar-refractivity contribution >= 4 is 45.2 Å². The van der Waals surface area contributed by atoms with Gasteiger partial charge < -0.3 is 10.6 Å². The first kappa shape index (κ1) is 14.5. The number of anilines is 2. The second-order valence-electron chi connectivity index (χ2n) is 4.39. The molecule has 0 fully saturated rings. The normalized spacial score (nSPS) is 14.8. The van der Waals surface area contributed by atoms with Crippen LogP contribution in [0.5, 0.6) is 0 Å². The number of sulfonamides is 1. The summed E-state index contributed by atoms with van der Waals surface area (Å²) in [6.45, 7) is 0. The van der Waals surface area contributed by atoms with Crippen molar-refractivity contribution in [3.05, 3.63) is 47.2 Å². The molecule has 7 nitrogen and oxygen atoms in total. The van der Waals surface area contributed by atoms with Crippen molar-refractivity contribution in [1.29, 1.82) is 0 Å². The van der Waals surface area contributed by atoms with Crippen molar-refractivity contribution in [1.82, 2.24) is 4.98 Å². The molecule has 0 bridgehead atoms. The van der Waals surface area contributed by atoms with Gasteiger partial charge in [0.2, 0.25) is 0 Å². The lowest BCUT2D eigenvalue weighted by Gasteiger charge is -2.13. The van der Waals surface area contributed by atoms with Gasteiger partial charge >= 0.3 is 0 Å². The molecule has 9 heteroatoms. The molecule has 1 aromatic heterocycles. The van der Waals surface area contributed by atoms with Crippen LogP contribution in [0.25, 0.3) is 0 Å². The van der Waals surface area contributed by atoms with Crippen molar-refractivity contribution in [2.24, 2.45) is 4.40 Å². The van der Waals surface area contributed by atoms with E-state index in [1.165, 1.54) is 30.5 Å². The highest BCUT2D eigenvalue weighted by Crippen LogP contribution is 2.27. The molecule has 0 saturated carbocycles. The number of benzene rings is 1. The number of aromatic nitrogens is 1.